The molecule has 11 rings (SSSR count). The molecule has 270 valence electrons. The van der Waals surface area contributed by atoms with Gasteiger partial charge < -0.3 is 14.5 Å². The Kier molecular flexibility index (Phi) is 7.74. The molecule has 10 aromatic rings. The summed E-state index contributed by atoms with van der Waals surface area (Å²) in [6, 6.07) is 57.2. The second kappa shape index (κ2) is 13.5. The number of rotatable bonds is 7. The lowest BCUT2D eigenvalue weighted by Gasteiger charge is -2.27. The lowest BCUT2D eigenvalue weighted by Crippen LogP contribution is -2.25. The molecule has 1 aliphatic rings. The highest BCUT2D eigenvalue weighted by molar-refractivity contribution is 6.10. The Labute approximate surface area is 329 Å². The molecule has 57 heavy (non-hydrogen) atoms. The van der Waals surface area contributed by atoms with Crippen LogP contribution in [0.5, 0.6) is 11.5 Å². The third kappa shape index (κ3) is 5.55. The average Bonchev–Trinajstić information content (AvgIpc) is 3.83. The maximum absolute atomic E-state index is 6.71. The average molecular weight is 735 g/mol. The van der Waals surface area contributed by atoms with Crippen molar-refractivity contribution in [2.75, 3.05) is 16.5 Å². The van der Waals surface area contributed by atoms with E-state index in [0.717, 1.165) is 78.7 Å². The summed E-state index contributed by atoms with van der Waals surface area (Å²) in [5.74, 6) is 2.37. The van der Waals surface area contributed by atoms with Crippen LogP contribution < -0.4 is 14.5 Å². The van der Waals surface area contributed by atoms with Crippen LogP contribution >= 0.6 is 0 Å². The molecule has 0 saturated heterocycles. The number of pyridine rings is 3. The number of benzene rings is 6. The monoisotopic (exact) mass is 734 g/mol. The first-order valence-corrected chi connectivity index (χ1v) is 19.0. The van der Waals surface area contributed by atoms with Crippen molar-refractivity contribution in [1.29, 1.82) is 0 Å². The Bertz CT molecular complexity index is 3030. The summed E-state index contributed by atoms with van der Waals surface area (Å²) in [6.07, 6.45) is 9.27. The topological polar surface area (TPSA) is 59.3 Å². The van der Waals surface area contributed by atoms with E-state index in [-0.39, 0.29) is 0 Å². The van der Waals surface area contributed by atoms with E-state index in [1.165, 1.54) is 16.2 Å². The minimum atomic E-state index is 0.586. The molecule has 7 heteroatoms. The zero-order valence-corrected chi connectivity index (χ0v) is 30.8. The summed E-state index contributed by atoms with van der Waals surface area (Å²) in [5, 5.41) is 4.70. The molecule has 0 aliphatic carbocycles. The van der Waals surface area contributed by atoms with Crippen LogP contribution in [0, 0.1) is 0 Å². The predicted molar refractivity (Wildman–Crippen MR) is 231 cm³/mol. The van der Waals surface area contributed by atoms with E-state index in [0.29, 0.717) is 6.67 Å². The van der Waals surface area contributed by atoms with E-state index in [1.54, 1.807) is 0 Å². The molecule has 0 saturated carbocycles. The summed E-state index contributed by atoms with van der Waals surface area (Å²) < 4.78 is 8.92. The van der Waals surface area contributed by atoms with Crippen LogP contribution in [0.1, 0.15) is 0 Å². The van der Waals surface area contributed by atoms with Gasteiger partial charge in [0.2, 0.25) is 0 Å². The van der Waals surface area contributed by atoms with Crippen LogP contribution in [0.3, 0.4) is 0 Å². The van der Waals surface area contributed by atoms with Crippen molar-refractivity contribution in [1.82, 2.24) is 19.5 Å². The fourth-order valence-corrected chi connectivity index (χ4v) is 8.40. The summed E-state index contributed by atoms with van der Waals surface area (Å²) >= 11 is 0. The highest BCUT2D eigenvalue weighted by Crippen LogP contribution is 2.52. The number of hydrogen-bond acceptors (Lipinski definition) is 6. The number of ether oxygens (including phenoxy) is 1. The number of para-hydroxylation sites is 2. The smallest absolute Gasteiger partial charge is 0.137 e. The zero-order chi connectivity index (χ0) is 37.7. The molecule has 0 spiro atoms. The minimum Gasteiger partial charge on any atom is -0.457 e. The van der Waals surface area contributed by atoms with Gasteiger partial charge in [-0.2, -0.15) is 0 Å². The third-order valence-corrected chi connectivity index (χ3v) is 10.9. The Balaban J connectivity index is 1.03. The van der Waals surface area contributed by atoms with Gasteiger partial charge in [-0.25, -0.2) is 4.98 Å². The Hall–Kier alpha value is -7.77. The first kappa shape index (κ1) is 32.6. The fourth-order valence-electron chi connectivity index (χ4n) is 8.40. The van der Waals surface area contributed by atoms with Crippen LogP contribution in [0.15, 0.2) is 195 Å². The van der Waals surface area contributed by atoms with Crippen molar-refractivity contribution in [3.8, 4) is 39.6 Å². The molecule has 0 bridgehead atoms. The molecule has 1 aliphatic heterocycles. The fraction of sp³-hybridized carbons (Fsp3) is 0.0200. The Morgan fingerprint density at radius 2 is 1.14 bits per heavy atom. The van der Waals surface area contributed by atoms with Gasteiger partial charge in [0.15, 0.2) is 0 Å². The van der Waals surface area contributed by atoms with Crippen LogP contribution in [-0.2, 0) is 0 Å². The molecule has 0 fully saturated rings. The minimum absolute atomic E-state index is 0.586. The summed E-state index contributed by atoms with van der Waals surface area (Å²) in [6.45, 7) is 0.586. The maximum atomic E-state index is 6.71. The predicted octanol–water partition coefficient (Wildman–Crippen LogP) is 12.5. The van der Waals surface area contributed by atoms with Crippen molar-refractivity contribution in [3.05, 3.63) is 195 Å². The number of hydrogen-bond donors (Lipinski definition) is 0. The van der Waals surface area contributed by atoms with E-state index in [1.807, 2.05) is 55.2 Å². The second-order valence-corrected chi connectivity index (χ2v) is 14.1. The van der Waals surface area contributed by atoms with E-state index >= 15 is 0 Å². The van der Waals surface area contributed by atoms with E-state index in [9.17, 15) is 0 Å². The molecule has 0 atom stereocenters. The number of fused-ring (bicyclic) bond motifs is 6. The van der Waals surface area contributed by atoms with E-state index in [4.69, 9.17) is 9.72 Å². The number of anilines is 4. The van der Waals surface area contributed by atoms with Gasteiger partial charge in [0.05, 0.1) is 28.1 Å². The van der Waals surface area contributed by atoms with E-state index < -0.39 is 0 Å². The molecule has 0 unspecified atom stereocenters. The Morgan fingerprint density at radius 1 is 0.456 bits per heavy atom. The third-order valence-electron chi connectivity index (χ3n) is 10.9. The van der Waals surface area contributed by atoms with Crippen LogP contribution in [0.4, 0.5) is 22.7 Å². The van der Waals surface area contributed by atoms with Gasteiger partial charge >= 0.3 is 0 Å². The molecule has 0 N–H and O–H groups in total. The molecule has 5 heterocycles. The van der Waals surface area contributed by atoms with Gasteiger partial charge in [0, 0.05) is 76.1 Å². The molecule has 6 aromatic carbocycles. The zero-order valence-electron chi connectivity index (χ0n) is 30.8. The molecule has 0 amide bonds. The molecule has 7 nitrogen and oxygen atoms in total. The number of nitrogens with zero attached hydrogens (tertiary/aromatic N) is 6. The van der Waals surface area contributed by atoms with Crippen LogP contribution in [0.25, 0.3) is 60.6 Å². The van der Waals surface area contributed by atoms with Crippen molar-refractivity contribution >= 4 is 55.3 Å². The highest BCUT2D eigenvalue weighted by Gasteiger charge is 2.33. The first-order valence-electron chi connectivity index (χ1n) is 19.0. The van der Waals surface area contributed by atoms with Crippen LogP contribution in [-0.4, -0.2) is 26.2 Å². The van der Waals surface area contributed by atoms with Crippen LogP contribution in [0.2, 0.25) is 0 Å². The second-order valence-electron chi connectivity index (χ2n) is 14.1. The first-order chi connectivity index (χ1) is 28.3. The van der Waals surface area contributed by atoms with Gasteiger partial charge in [-0.1, -0.05) is 78.9 Å². The normalized spacial score (nSPS) is 12.4. The molecule has 0 radical (unpaired) electrons. The molecular weight excluding hydrogens is 701 g/mol. The molecule has 4 aromatic heterocycles. The van der Waals surface area contributed by atoms with Crippen molar-refractivity contribution in [2.45, 2.75) is 0 Å². The SMILES string of the molecule is c1ccc(-n2c3ccccc3c3ccc(Oc4cccc(N5CN(c6c(-c7ccncc7)cccc6-c6ccncc6)c6c5ccc5ccccc65)c4)cc32)nc1. The number of aromatic nitrogens is 4. The molecular formula is C50H34N6O. The summed E-state index contributed by atoms with van der Waals surface area (Å²) in [7, 11) is 0. The van der Waals surface area contributed by atoms with Gasteiger partial charge in [0.25, 0.3) is 0 Å². The highest BCUT2D eigenvalue weighted by atomic mass is 16.5. The largest absolute Gasteiger partial charge is 0.457 e. The Morgan fingerprint density at radius 3 is 1.91 bits per heavy atom. The standard InChI is InChI=1S/C50H34N6O/c1-2-12-42-34(9-1)18-21-46-50(42)55(49-40(35-22-27-51-28-23-35)14-8-15-41(49)36-24-29-52-30-25-36)33-54(46)37-10-7-11-38(31-37)57-39-19-20-44-43-13-3-4-16-45(43)56(47(44)32-39)48-17-5-6-26-53-48/h1-32H,33H2. The van der Waals surface area contributed by atoms with Crippen molar-refractivity contribution < 1.29 is 4.74 Å². The lowest BCUT2D eigenvalue weighted by atomic mass is 9.95. The summed E-state index contributed by atoms with van der Waals surface area (Å²) in [5.41, 5.74) is 11.0. The lowest BCUT2D eigenvalue weighted by molar-refractivity contribution is 0.483. The summed E-state index contributed by atoms with van der Waals surface area (Å²) in [4.78, 5) is 18.3. The van der Waals surface area contributed by atoms with Crippen molar-refractivity contribution in [2.24, 2.45) is 0 Å². The maximum Gasteiger partial charge on any atom is 0.137 e. The van der Waals surface area contributed by atoms with Gasteiger partial charge in [-0.15, -0.1) is 0 Å². The van der Waals surface area contributed by atoms with Crippen molar-refractivity contribution in [3.63, 3.8) is 0 Å². The van der Waals surface area contributed by atoms with Gasteiger partial charge in [-0.3, -0.25) is 14.5 Å². The van der Waals surface area contributed by atoms with E-state index in [2.05, 4.69) is 164 Å². The van der Waals surface area contributed by atoms with Gasteiger partial charge in [-0.05, 0) is 89.3 Å². The van der Waals surface area contributed by atoms with Gasteiger partial charge in [0.1, 0.15) is 24.0 Å². The quantitative estimate of drug-likeness (QED) is 0.162.